The van der Waals surface area contributed by atoms with Crippen molar-refractivity contribution < 1.29 is 0 Å². The van der Waals surface area contributed by atoms with Gasteiger partial charge in [-0.05, 0) is 48.3 Å². The summed E-state index contributed by atoms with van der Waals surface area (Å²) in [5, 5.41) is 13.1. The zero-order valence-electron chi connectivity index (χ0n) is 13.6. The molecule has 1 aromatic rings. The second-order valence-electron chi connectivity index (χ2n) is 6.80. The highest BCUT2D eigenvalue weighted by Gasteiger charge is 2.29. The first-order valence-corrected chi connectivity index (χ1v) is 8.21. The molecule has 1 aliphatic carbocycles. The van der Waals surface area contributed by atoms with Crippen molar-refractivity contribution in [2.24, 2.45) is 5.92 Å². The molecule has 1 aliphatic heterocycles. The molecule has 0 atom stereocenters. The van der Waals surface area contributed by atoms with Crippen LogP contribution in [-0.2, 0) is 6.42 Å². The summed E-state index contributed by atoms with van der Waals surface area (Å²) in [6.45, 7) is 8.56. The van der Waals surface area contributed by atoms with E-state index in [4.69, 9.17) is 0 Å². The van der Waals surface area contributed by atoms with Crippen LogP contribution in [0.25, 0.3) is 0 Å². The second-order valence-corrected chi connectivity index (χ2v) is 6.80. The summed E-state index contributed by atoms with van der Waals surface area (Å²) in [6.07, 6.45) is 3.60. The Morgan fingerprint density at radius 3 is 2.50 bits per heavy atom. The maximum Gasteiger partial charge on any atom is 0.102 e. The van der Waals surface area contributed by atoms with Crippen molar-refractivity contribution in [2.45, 2.75) is 39.0 Å². The minimum absolute atomic E-state index is 0. The zero-order chi connectivity index (χ0) is 14.8. The van der Waals surface area contributed by atoms with Gasteiger partial charge in [-0.3, -0.25) is 0 Å². The van der Waals surface area contributed by atoms with Crippen LogP contribution in [-0.4, -0.2) is 26.2 Å². The molecule has 22 heavy (non-hydrogen) atoms. The van der Waals surface area contributed by atoms with Crippen LogP contribution < -0.4 is 10.2 Å². The van der Waals surface area contributed by atoms with Crippen molar-refractivity contribution in [2.75, 3.05) is 31.1 Å². The molecule has 1 saturated heterocycles. The normalized spacial score (nSPS) is 18.0. The van der Waals surface area contributed by atoms with Gasteiger partial charge in [0.1, 0.15) is 6.07 Å². The summed E-state index contributed by atoms with van der Waals surface area (Å²) >= 11 is 0. The highest BCUT2D eigenvalue weighted by atomic mass is 35.5. The Hall–Kier alpha value is -1.24. The molecule has 3 rings (SSSR count). The Kier molecular flexibility index (Phi) is 5.72. The van der Waals surface area contributed by atoms with Gasteiger partial charge < -0.3 is 10.2 Å². The SMILES string of the molecule is CC(C)Cc1cc(C2CC2)c(C#N)c(N2CCNCC2)c1.Cl. The van der Waals surface area contributed by atoms with E-state index < -0.39 is 0 Å². The average molecular weight is 320 g/mol. The first kappa shape index (κ1) is 17.1. The number of halogens is 1. The third-order valence-electron chi connectivity index (χ3n) is 4.44. The number of benzene rings is 1. The minimum Gasteiger partial charge on any atom is -0.368 e. The van der Waals surface area contributed by atoms with Crippen molar-refractivity contribution in [3.63, 3.8) is 0 Å². The van der Waals surface area contributed by atoms with Crippen LogP contribution in [0.2, 0.25) is 0 Å². The van der Waals surface area contributed by atoms with E-state index in [2.05, 4.69) is 42.3 Å². The molecule has 1 heterocycles. The topological polar surface area (TPSA) is 39.1 Å². The predicted molar refractivity (Wildman–Crippen MR) is 94.0 cm³/mol. The van der Waals surface area contributed by atoms with Crippen LogP contribution in [0.4, 0.5) is 5.69 Å². The van der Waals surface area contributed by atoms with Crippen LogP contribution in [0, 0.1) is 17.2 Å². The van der Waals surface area contributed by atoms with Gasteiger partial charge in [-0.2, -0.15) is 5.26 Å². The number of hydrogen-bond acceptors (Lipinski definition) is 3. The van der Waals surface area contributed by atoms with Crippen LogP contribution >= 0.6 is 12.4 Å². The van der Waals surface area contributed by atoms with Gasteiger partial charge in [0.25, 0.3) is 0 Å². The highest BCUT2D eigenvalue weighted by Crippen LogP contribution is 2.44. The number of rotatable bonds is 4. The molecule has 0 spiro atoms. The molecule has 0 aromatic heterocycles. The molecule has 0 unspecified atom stereocenters. The lowest BCUT2D eigenvalue weighted by Gasteiger charge is -2.31. The maximum absolute atomic E-state index is 9.69. The number of nitriles is 1. The summed E-state index contributed by atoms with van der Waals surface area (Å²) in [6, 6.07) is 7.08. The third-order valence-corrected chi connectivity index (χ3v) is 4.44. The molecule has 1 N–H and O–H groups in total. The van der Waals surface area contributed by atoms with E-state index in [0.717, 1.165) is 38.2 Å². The van der Waals surface area contributed by atoms with E-state index in [9.17, 15) is 5.26 Å². The molecule has 2 aliphatic rings. The Bertz CT molecular complexity index is 552. The molecular formula is C18H26ClN3. The van der Waals surface area contributed by atoms with Crippen molar-refractivity contribution in [1.29, 1.82) is 5.26 Å². The molecule has 120 valence electrons. The number of anilines is 1. The first-order valence-electron chi connectivity index (χ1n) is 8.21. The molecule has 3 nitrogen and oxygen atoms in total. The molecule has 1 saturated carbocycles. The predicted octanol–water partition coefficient (Wildman–Crippen LogP) is 3.47. The summed E-state index contributed by atoms with van der Waals surface area (Å²) in [5.41, 5.74) is 4.83. The number of nitrogens with zero attached hydrogens (tertiary/aromatic N) is 2. The Morgan fingerprint density at radius 2 is 1.95 bits per heavy atom. The van der Waals surface area contributed by atoms with Crippen molar-refractivity contribution in [3.8, 4) is 6.07 Å². The smallest absolute Gasteiger partial charge is 0.102 e. The van der Waals surface area contributed by atoms with Crippen molar-refractivity contribution in [3.05, 3.63) is 28.8 Å². The fraction of sp³-hybridized carbons (Fsp3) is 0.611. The third kappa shape index (κ3) is 3.74. The second kappa shape index (κ2) is 7.35. The zero-order valence-corrected chi connectivity index (χ0v) is 14.4. The summed E-state index contributed by atoms with van der Waals surface area (Å²) in [4.78, 5) is 2.39. The van der Waals surface area contributed by atoms with Gasteiger partial charge in [-0.25, -0.2) is 0 Å². The van der Waals surface area contributed by atoms with Crippen LogP contribution in [0.15, 0.2) is 12.1 Å². The molecule has 1 aromatic carbocycles. The summed E-state index contributed by atoms with van der Waals surface area (Å²) in [7, 11) is 0. The van der Waals surface area contributed by atoms with Gasteiger partial charge >= 0.3 is 0 Å². The minimum atomic E-state index is 0. The summed E-state index contributed by atoms with van der Waals surface area (Å²) < 4.78 is 0. The lowest BCUT2D eigenvalue weighted by molar-refractivity contribution is 0.588. The molecule has 4 heteroatoms. The van der Waals surface area contributed by atoms with Gasteiger partial charge in [0.05, 0.1) is 11.3 Å². The molecule has 0 radical (unpaired) electrons. The quantitative estimate of drug-likeness (QED) is 0.923. The monoisotopic (exact) mass is 319 g/mol. The van der Waals surface area contributed by atoms with Crippen molar-refractivity contribution in [1.82, 2.24) is 5.32 Å². The largest absolute Gasteiger partial charge is 0.368 e. The number of nitrogens with one attached hydrogen (secondary N) is 1. The molecule has 0 amide bonds. The fourth-order valence-electron chi connectivity index (χ4n) is 3.29. The van der Waals surface area contributed by atoms with E-state index >= 15 is 0 Å². The number of hydrogen-bond donors (Lipinski definition) is 1. The van der Waals surface area contributed by atoms with E-state index in [1.165, 1.54) is 29.7 Å². The lowest BCUT2D eigenvalue weighted by atomic mass is 9.94. The maximum atomic E-state index is 9.69. The van der Waals surface area contributed by atoms with E-state index in [0.29, 0.717) is 11.8 Å². The van der Waals surface area contributed by atoms with E-state index in [1.54, 1.807) is 0 Å². The van der Waals surface area contributed by atoms with E-state index in [1.807, 2.05) is 0 Å². The highest BCUT2D eigenvalue weighted by molar-refractivity contribution is 5.85. The average Bonchev–Trinajstić information content (AvgIpc) is 3.31. The van der Waals surface area contributed by atoms with Gasteiger partial charge in [-0.1, -0.05) is 19.9 Å². The lowest BCUT2D eigenvalue weighted by Crippen LogP contribution is -2.44. The fourth-order valence-corrected chi connectivity index (χ4v) is 3.29. The Labute approximate surface area is 140 Å². The Balaban J connectivity index is 0.00000176. The number of piperazine rings is 1. The van der Waals surface area contributed by atoms with Gasteiger partial charge in [0.2, 0.25) is 0 Å². The standard InChI is InChI=1S/C18H25N3.ClH/c1-13(2)9-14-10-16(15-3-4-15)17(12-19)18(11-14)21-7-5-20-6-8-21;/h10-11,13,15,20H,3-9H2,1-2H3;1H. The Morgan fingerprint density at radius 1 is 1.27 bits per heavy atom. The van der Waals surface area contributed by atoms with Gasteiger partial charge in [0.15, 0.2) is 0 Å². The van der Waals surface area contributed by atoms with Crippen molar-refractivity contribution >= 4 is 18.1 Å². The molecule has 0 bridgehead atoms. The van der Waals surface area contributed by atoms with E-state index in [-0.39, 0.29) is 12.4 Å². The molecular weight excluding hydrogens is 294 g/mol. The van der Waals surface area contributed by atoms with Crippen LogP contribution in [0.1, 0.15) is 49.3 Å². The van der Waals surface area contributed by atoms with Crippen LogP contribution in [0.3, 0.4) is 0 Å². The summed E-state index contributed by atoms with van der Waals surface area (Å²) in [5.74, 6) is 1.29. The molecule has 2 fully saturated rings. The van der Waals surface area contributed by atoms with Crippen LogP contribution in [0.5, 0.6) is 0 Å². The first-order chi connectivity index (χ1) is 10.2. The van der Waals surface area contributed by atoms with Gasteiger partial charge in [-0.15, -0.1) is 12.4 Å². The van der Waals surface area contributed by atoms with Gasteiger partial charge in [0, 0.05) is 26.2 Å².